The fraction of sp³-hybridized carbons (Fsp3) is 0.579. The number of ether oxygens (including phenoxy) is 1. The minimum atomic E-state index is -0.426. The number of pyridine rings is 1. The van der Waals surface area contributed by atoms with Gasteiger partial charge in [-0.15, -0.1) is 0 Å². The summed E-state index contributed by atoms with van der Waals surface area (Å²) in [6.45, 7) is 8.37. The van der Waals surface area contributed by atoms with Gasteiger partial charge in [0.15, 0.2) is 0 Å². The Morgan fingerprint density at radius 3 is 1.82 bits per heavy atom. The summed E-state index contributed by atoms with van der Waals surface area (Å²) in [6, 6.07) is 1.92. The number of esters is 1. The number of nitrogens with zero attached hydrogens (tertiary/aromatic N) is 5. The summed E-state index contributed by atoms with van der Waals surface area (Å²) in [7, 11) is 1.36. The summed E-state index contributed by atoms with van der Waals surface area (Å²) >= 11 is 0. The Hall–Kier alpha value is -2.84. The first-order valence-electron chi connectivity index (χ1n) is 9.50. The third kappa shape index (κ3) is 4.18. The van der Waals surface area contributed by atoms with E-state index in [1.54, 1.807) is 24.9 Å². The van der Waals surface area contributed by atoms with E-state index in [1.807, 2.05) is 11.0 Å². The molecule has 2 aliphatic rings. The van der Waals surface area contributed by atoms with Crippen LogP contribution < -0.4 is 9.80 Å². The average molecular weight is 389 g/mol. The number of carbonyl (C=O) groups is 3. The molecular weight excluding hydrogens is 362 g/mol. The Kier molecular flexibility index (Phi) is 6.01. The molecule has 3 rings (SSSR count). The minimum absolute atomic E-state index is 0.0617. The summed E-state index contributed by atoms with van der Waals surface area (Å²) in [5.41, 5.74) is 1.19. The van der Waals surface area contributed by atoms with Crippen LogP contribution in [0.1, 0.15) is 24.2 Å². The quantitative estimate of drug-likeness (QED) is 0.683. The van der Waals surface area contributed by atoms with Crippen LogP contribution in [0.4, 0.5) is 11.5 Å². The Morgan fingerprint density at radius 1 is 0.857 bits per heavy atom. The van der Waals surface area contributed by atoms with E-state index in [4.69, 9.17) is 4.74 Å². The van der Waals surface area contributed by atoms with E-state index in [0.29, 0.717) is 57.9 Å². The standard InChI is InChI=1S/C19H27N5O4/c1-14(25)21-4-8-23(9-5-21)17-12-18(20-13-16(17)19(27)28-3)24-10-6-22(7-11-24)15(2)26/h12-13H,4-11H2,1-3H3. The van der Waals surface area contributed by atoms with Crippen LogP contribution >= 0.6 is 0 Å². The first-order chi connectivity index (χ1) is 13.4. The maximum atomic E-state index is 12.2. The Morgan fingerprint density at radius 2 is 1.36 bits per heavy atom. The van der Waals surface area contributed by atoms with Crippen molar-refractivity contribution in [1.29, 1.82) is 0 Å². The minimum Gasteiger partial charge on any atom is -0.465 e. The number of hydrogen-bond acceptors (Lipinski definition) is 7. The van der Waals surface area contributed by atoms with Gasteiger partial charge in [0, 0.05) is 78.5 Å². The highest BCUT2D eigenvalue weighted by molar-refractivity contribution is 5.96. The molecule has 2 aliphatic heterocycles. The van der Waals surface area contributed by atoms with E-state index in [9.17, 15) is 14.4 Å². The largest absolute Gasteiger partial charge is 0.465 e. The molecule has 0 atom stereocenters. The molecule has 152 valence electrons. The van der Waals surface area contributed by atoms with E-state index in [-0.39, 0.29) is 11.8 Å². The van der Waals surface area contributed by atoms with Crippen LogP contribution in [0.5, 0.6) is 0 Å². The van der Waals surface area contributed by atoms with Crippen LogP contribution in [-0.2, 0) is 14.3 Å². The van der Waals surface area contributed by atoms with Gasteiger partial charge in [-0.2, -0.15) is 0 Å². The smallest absolute Gasteiger partial charge is 0.341 e. The highest BCUT2D eigenvalue weighted by Crippen LogP contribution is 2.27. The molecule has 0 bridgehead atoms. The molecule has 2 amide bonds. The maximum absolute atomic E-state index is 12.2. The van der Waals surface area contributed by atoms with Crippen LogP contribution in [0.15, 0.2) is 12.3 Å². The van der Waals surface area contributed by atoms with Crippen LogP contribution in [0.2, 0.25) is 0 Å². The lowest BCUT2D eigenvalue weighted by Crippen LogP contribution is -2.49. The zero-order chi connectivity index (χ0) is 20.3. The van der Waals surface area contributed by atoms with E-state index < -0.39 is 5.97 Å². The van der Waals surface area contributed by atoms with Gasteiger partial charge in [-0.25, -0.2) is 9.78 Å². The van der Waals surface area contributed by atoms with Crippen LogP contribution in [0.25, 0.3) is 0 Å². The lowest BCUT2D eigenvalue weighted by molar-refractivity contribution is -0.129. The fourth-order valence-corrected chi connectivity index (χ4v) is 3.65. The molecule has 0 aliphatic carbocycles. The average Bonchev–Trinajstić information content (AvgIpc) is 2.73. The summed E-state index contributed by atoms with van der Waals surface area (Å²) in [6.07, 6.45) is 1.56. The summed E-state index contributed by atoms with van der Waals surface area (Å²) in [5.74, 6) is 0.494. The lowest BCUT2D eigenvalue weighted by atomic mass is 10.1. The highest BCUT2D eigenvalue weighted by atomic mass is 16.5. The van der Waals surface area contributed by atoms with E-state index in [0.717, 1.165) is 11.5 Å². The normalized spacial score (nSPS) is 17.5. The van der Waals surface area contributed by atoms with E-state index in [2.05, 4.69) is 14.8 Å². The molecule has 0 spiro atoms. The van der Waals surface area contributed by atoms with Gasteiger partial charge in [-0.05, 0) is 0 Å². The fourth-order valence-electron chi connectivity index (χ4n) is 3.65. The monoisotopic (exact) mass is 389 g/mol. The van der Waals surface area contributed by atoms with Gasteiger partial charge in [0.25, 0.3) is 0 Å². The highest BCUT2D eigenvalue weighted by Gasteiger charge is 2.26. The van der Waals surface area contributed by atoms with Crippen LogP contribution in [0.3, 0.4) is 0 Å². The second kappa shape index (κ2) is 8.45. The topological polar surface area (TPSA) is 86.3 Å². The molecular formula is C19H27N5O4. The molecule has 9 heteroatoms. The molecule has 0 saturated carbocycles. The van der Waals surface area contributed by atoms with Crippen LogP contribution in [-0.4, -0.2) is 92.0 Å². The summed E-state index contributed by atoms with van der Waals surface area (Å²) in [5, 5.41) is 0. The third-order valence-corrected chi connectivity index (χ3v) is 5.39. The zero-order valence-electron chi connectivity index (χ0n) is 16.7. The molecule has 1 aromatic rings. The van der Waals surface area contributed by atoms with Gasteiger partial charge in [0.2, 0.25) is 11.8 Å². The van der Waals surface area contributed by atoms with Crippen molar-refractivity contribution in [3.8, 4) is 0 Å². The van der Waals surface area contributed by atoms with Crippen molar-refractivity contribution in [2.75, 3.05) is 69.3 Å². The third-order valence-electron chi connectivity index (χ3n) is 5.39. The Bertz CT molecular complexity index is 753. The number of piperazine rings is 2. The van der Waals surface area contributed by atoms with Crippen LogP contribution in [0, 0.1) is 0 Å². The molecule has 0 aromatic carbocycles. The first-order valence-corrected chi connectivity index (χ1v) is 9.50. The lowest BCUT2D eigenvalue weighted by Gasteiger charge is -2.38. The molecule has 2 saturated heterocycles. The van der Waals surface area contributed by atoms with Crippen molar-refractivity contribution >= 4 is 29.3 Å². The number of anilines is 2. The van der Waals surface area contributed by atoms with Gasteiger partial charge >= 0.3 is 5.97 Å². The predicted molar refractivity (Wildman–Crippen MR) is 105 cm³/mol. The maximum Gasteiger partial charge on any atom is 0.341 e. The van der Waals surface area contributed by atoms with Crippen molar-refractivity contribution in [3.05, 3.63) is 17.8 Å². The summed E-state index contributed by atoms with van der Waals surface area (Å²) in [4.78, 5) is 47.7. The molecule has 0 radical (unpaired) electrons. The SMILES string of the molecule is COC(=O)c1cnc(N2CCN(C(C)=O)CC2)cc1N1CCN(C(C)=O)CC1. The second-order valence-electron chi connectivity index (χ2n) is 7.04. The van der Waals surface area contributed by atoms with Crippen molar-refractivity contribution in [2.45, 2.75) is 13.8 Å². The van der Waals surface area contributed by atoms with Crippen molar-refractivity contribution in [2.24, 2.45) is 0 Å². The Balaban J connectivity index is 1.81. The molecule has 2 fully saturated rings. The van der Waals surface area contributed by atoms with Gasteiger partial charge in [-0.3, -0.25) is 9.59 Å². The van der Waals surface area contributed by atoms with Gasteiger partial charge in [0.1, 0.15) is 11.4 Å². The van der Waals surface area contributed by atoms with Crippen molar-refractivity contribution < 1.29 is 19.1 Å². The van der Waals surface area contributed by atoms with Crippen molar-refractivity contribution in [1.82, 2.24) is 14.8 Å². The van der Waals surface area contributed by atoms with E-state index in [1.165, 1.54) is 7.11 Å². The number of methoxy groups -OCH3 is 1. The Labute approximate surface area is 164 Å². The number of carbonyl (C=O) groups excluding carboxylic acids is 3. The predicted octanol–water partition coefficient (Wildman–Crippen LogP) is 0.205. The first kappa shape index (κ1) is 19.9. The molecule has 0 unspecified atom stereocenters. The van der Waals surface area contributed by atoms with Gasteiger partial charge in [0.05, 0.1) is 12.8 Å². The number of rotatable bonds is 3. The molecule has 28 heavy (non-hydrogen) atoms. The van der Waals surface area contributed by atoms with Gasteiger partial charge < -0.3 is 24.3 Å². The zero-order valence-corrected chi connectivity index (χ0v) is 16.7. The molecule has 9 nitrogen and oxygen atoms in total. The van der Waals surface area contributed by atoms with Crippen molar-refractivity contribution in [3.63, 3.8) is 0 Å². The van der Waals surface area contributed by atoms with Gasteiger partial charge in [-0.1, -0.05) is 0 Å². The van der Waals surface area contributed by atoms with E-state index >= 15 is 0 Å². The molecule has 3 heterocycles. The second-order valence-corrected chi connectivity index (χ2v) is 7.04. The summed E-state index contributed by atoms with van der Waals surface area (Å²) < 4.78 is 4.92. The molecule has 1 aromatic heterocycles. The number of aromatic nitrogens is 1. The number of amides is 2. The number of hydrogen-bond donors (Lipinski definition) is 0. The molecule has 0 N–H and O–H groups in total.